The number of primary amides is 1. The van der Waals surface area contributed by atoms with E-state index in [2.05, 4.69) is 26.3 Å². The molecule has 4 atom stereocenters. The van der Waals surface area contributed by atoms with E-state index in [0.717, 1.165) is 6.42 Å². The van der Waals surface area contributed by atoms with Crippen LogP contribution in [0.1, 0.15) is 38.5 Å². The summed E-state index contributed by atoms with van der Waals surface area (Å²) >= 11 is 0. The van der Waals surface area contributed by atoms with Gasteiger partial charge in [-0.1, -0.05) is 0 Å². The minimum Gasteiger partial charge on any atom is -0.481 e. The highest BCUT2D eigenvalue weighted by Crippen LogP contribution is 2.07. The maximum absolute atomic E-state index is 12.7. The average molecular weight is 501 g/mol. The molecule has 0 aromatic carbocycles. The van der Waals surface area contributed by atoms with E-state index in [1.165, 1.54) is 0 Å². The Morgan fingerprint density at radius 3 is 2.00 bits per heavy atom. The maximum Gasteiger partial charge on any atom is 0.326 e. The van der Waals surface area contributed by atoms with Crippen molar-refractivity contribution in [2.45, 2.75) is 62.7 Å². The standard InChI is InChI=1S/C19H32N8O8/c20-13(28)7-11(16(32)25-10(18(34)35)4-2-6-24-19(21)22)26-17(33)12(8-14(29)30)27-15(31)9-3-1-5-23-9/h9-12,23H,1-8H2,(H2,20,28)(H,25,32)(H,26,33)(H,27,31)(H,29,30)(H,34,35)(H4,21,22,24). The molecule has 1 fully saturated rings. The Bertz CT molecular complexity index is 839. The zero-order valence-electron chi connectivity index (χ0n) is 19.0. The molecule has 4 unspecified atom stereocenters. The van der Waals surface area contributed by atoms with Crippen molar-refractivity contribution in [3.05, 3.63) is 0 Å². The van der Waals surface area contributed by atoms with Crippen molar-refractivity contribution in [3.8, 4) is 0 Å². The van der Waals surface area contributed by atoms with E-state index in [1.807, 2.05) is 0 Å². The van der Waals surface area contributed by atoms with Crippen molar-refractivity contribution in [1.82, 2.24) is 21.3 Å². The monoisotopic (exact) mass is 500 g/mol. The summed E-state index contributed by atoms with van der Waals surface area (Å²) in [5.41, 5.74) is 15.5. The van der Waals surface area contributed by atoms with Gasteiger partial charge in [0.15, 0.2) is 5.96 Å². The van der Waals surface area contributed by atoms with Gasteiger partial charge in [-0.2, -0.15) is 0 Å². The summed E-state index contributed by atoms with van der Waals surface area (Å²) in [6.07, 6.45) is -0.135. The van der Waals surface area contributed by atoms with Crippen LogP contribution in [0.2, 0.25) is 0 Å². The van der Waals surface area contributed by atoms with Gasteiger partial charge in [0.2, 0.25) is 23.6 Å². The molecule has 16 nitrogen and oxygen atoms in total. The van der Waals surface area contributed by atoms with Gasteiger partial charge in [0.05, 0.1) is 18.9 Å². The van der Waals surface area contributed by atoms with Gasteiger partial charge in [0.1, 0.15) is 18.1 Å². The van der Waals surface area contributed by atoms with Crippen LogP contribution in [0.5, 0.6) is 0 Å². The third kappa shape index (κ3) is 11.1. The van der Waals surface area contributed by atoms with Gasteiger partial charge in [0.25, 0.3) is 0 Å². The number of aliphatic carboxylic acids is 2. The molecule has 0 aromatic heterocycles. The molecule has 0 spiro atoms. The summed E-state index contributed by atoms with van der Waals surface area (Å²) in [5.74, 6) is -6.63. The molecule has 4 amide bonds. The summed E-state index contributed by atoms with van der Waals surface area (Å²) in [7, 11) is 0. The molecule has 1 aliphatic rings. The Hall–Kier alpha value is -3.95. The molecule has 1 aliphatic heterocycles. The summed E-state index contributed by atoms with van der Waals surface area (Å²) in [6.45, 7) is 0.696. The minimum absolute atomic E-state index is 0.0683. The molecular formula is C19H32N8O8. The normalized spacial score (nSPS) is 17.3. The number of hydrogen-bond donors (Lipinski definition) is 9. The number of carbonyl (C=O) groups is 6. The van der Waals surface area contributed by atoms with Crippen LogP contribution in [0.4, 0.5) is 0 Å². The molecule has 0 aliphatic carbocycles. The topological polar surface area (TPSA) is 281 Å². The smallest absolute Gasteiger partial charge is 0.326 e. The lowest BCUT2D eigenvalue weighted by atomic mass is 10.1. The highest BCUT2D eigenvalue weighted by atomic mass is 16.4. The molecule has 16 heteroatoms. The van der Waals surface area contributed by atoms with E-state index in [0.29, 0.717) is 13.0 Å². The van der Waals surface area contributed by atoms with Crippen LogP contribution in [0.15, 0.2) is 4.99 Å². The zero-order valence-corrected chi connectivity index (χ0v) is 19.0. The SMILES string of the molecule is NC(=O)CC(NC(=O)C(CC(=O)O)NC(=O)C1CCCN1)C(=O)NC(CCCN=C(N)N)C(=O)O. The first-order valence-corrected chi connectivity index (χ1v) is 10.8. The Labute approximate surface area is 200 Å². The molecule has 1 saturated heterocycles. The molecule has 0 bridgehead atoms. The number of amides is 4. The number of aliphatic imine (C=N–C) groups is 1. The molecule has 0 saturated carbocycles. The van der Waals surface area contributed by atoms with Gasteiger partial charge in [-0.05, 0) is 32.2 Å². The Morgan fingerprint density at radius 1 is 0.914 bits per heavy atom. The van der Waals surface area contributed by atoms with Crippen molar-refractivity contribution in [1.29, 1.82) is 0 Å². The molecule has 0 aromatic rings. The molecule has 12 N–H and O–H groups in total. The maximum atomic E-state index is 12.7. The molecule has 1 heterocycles. The number of carbonyl (C=O) groups excluding carboxylic acids is 4. The van der Waals surface area contributed by atoms with Gasteiger partial charge < -0.3 is 48.7 Å². The van der Waals surface area contributed by atoms with Crippen LogP contribution < -0.4 is 38.5 Å². The average Bonchev–Trinajstić information content (AvgIpc) is 3.28. The third-order valence-electron chi connectivity index (χ3n) is 4.99. The van der Waals surface area contributed by atoms with Crippen LogP contribution in [-0.4, -0.2) is 89.0 Å². The minimum atomic E-state index is -1.61. The molecule has 35 heavy (non-hydrogen) atoms. The van der Waals surface area contributed by atoms with Gasteiger partial charge in [0, 0.05) is 6.54 Å². The molecule has 0 radical (unpaired) electrons. The Balaban J connectivity index is 2.89. The Kier molecular flexibility index (Phi) is 11.9. The first kappa shape index (κ1) is 29.1. The highest BCUT2D eigenvalue weighted by molar-refractivity contribution is 5.97. The van der Waals surface area contributed by atoms with Crippen molar-refractivity contribution >= 4 is 41.5 Å². The summed E-state index contributed by atoms with van der Waals surface area (Å²) < 4.78 is 0. The lowest BCUT2D eigenvalue weighted by molar-refractivity contribution is -0.143. The predicted octanol–water partition coefficient (Wildman–Crippen LogP) is -4.32. The van der Waals surface area contributed by atoms with Crippen LogP contribution in [0.25, 0.3) is 0 Å². The number of nitrogens with zero attached hydrogens (tertiary/aromatic N) is 1. The van der Waals surface area contributed by atoms with Crippen molar-refractivity contribution in [2.75, 3.05) is 13.1 Å². The van der Waals surface area contributed by atoms with Crippen LogP contribution in [-0.2, 0) is 28.8 Å². The van der Waals surface area contributed by atoms with E-state index in [4.69, 9.17) is 22.3 Å². The first-order chi connectivity index (χ1) is 16.4. The summed E-state index contributed by atoms with van der Waals surface area (Å²) in [4.78, 5) is 75.6. The fourth-order valence-electron chi connectivity index (χ4n) is 3.28. The Morgan fingerprint density at radius 2 is 1.51 bits per heavy atom. The van der Waals surface area contributed by atoms with Gasteiger partial charge in [-0.15, -0.1) is 0 Å². The van der Waals surface area contributed by atoms with E-state index < -0.39 is 72.6 Å². The summed E-state index contributed by atoms with van der Waals surface area (Å²) in [6, 6.07) is -5.16. The quantitative estimate of drug-likeness (QED) is 0.0588. The number of carboxylic acids is 2. The van der Waals surface area contributed by atoms with Gasteiger partial charge in [-0.3, -0.25) is 29.0 Å². The van der Waals surface area contributed by atoms with Crippen LogP contribution in [0.3, 0.4) is 0 Å². The number of nitrogens with one attached hydrogen (secondary N) is 4. The van der Waals surface area contributed by atoms with Crippen molar-refractivity contribution in [3.63, 3.8) is 0 Å². The number of guanidine groups is 1. The zero-order chi connectivity index (χ0) is 26.5. The fourth-order valence-corrected chi connectivity index (χ4v) is 3.28. The number of nitrogens with two attached hydrogens (primary N) is 3. The molecular weight excluding hydrogens is 468 g/mol. The van der Waals surface area contributed by atoms with Crippen molar-refractivity contribution < 1.29 is 39.0 Å². The fraction of sp³-hybridized carbons (Fsp3) is 0.632. The second-order valence-electron chi connectivity index (χ2n) is 7.89. The van der Waals surface area contributed by atoms with Gasteiger partial charge >= 0.3 is 11.9 Å². The lowest BCUT2D eigenvalue weighted by Gasteiger charge is -2.24. The van der Waals surface area contributed by atoms with E-state index >= 15 is 0 Å². The second-order valence-corrected chi connectivity index (χ2v) is 7.89. The number of rotatable bonds is 15. The highest BCUT2D eigenvalue weighted by Gasteiger charge is 2.33. The van der Waals surface area contributed by atoms with Crippen molar-refractivity contribution in [2.24, 2.45) is 22.2 Å². The number of carboxylic acid groups (broad SMARTS) is 2. The second kappa shape index (κ2) is 14.3. The van der Waals surface area contributed by atoms with Crippen LogP contribution in [0, 0.1) is 0 Å². The molecule has 1 rings (SSSR count). The molecule has 196 valence electrons. The van der Waals surface area contributed by atoms with E-state index in [9.17, 15) is 33.9 Å². The first-order valence-electron chi connectivity index (χ1n) is 10.8. The van der Waals surface area contributed by atoms with E-state index in [1.54, 1.807) is 0 Å². The number of hydrogen-bond acceptors (Lipinski definition) is 8. The van der Waals surface area contributed by atoms with E-state index in [-0.39, 0.29) is 25.3 Å². The van der Waals surface area contributed by atoms with Crippen LogP contribution >= 0.6 is 0 Å². The summed E-state index contributed by atoms with van der Waals surface area (Å²) in [5, 5.41) is 28.1. The largest absolute Gasteiger partial charge is 0.481 e. The third-order valence-corrected chi connectivity index (χ3v) is 4.99. The van der Waals surface area contributed by atoms with Gasteiger partial charge in [-0.25, -0.2) is 4.79 Å². The lowest BCUT2D eigenvalue weighted by Crippen LogP contribution is -2.58. The predicted molar refractivity (Wildman–Crippen MR) is 120 cm³/mol.